The van der Waals surface area contributed by atoms with Crippen molar-refractivity contribution in [2.24, 2.45) is 0 Å². The van der Waals surface area contributed by atoms with E-state index in [4.69, 9.17) is 4.74 Å². The van der Waals surface area contributed by atoms with Gasteiger partial charge in [0.05, 0.1) is 4.47 Å². The lowest BCUT2D eigenvalue weighted by molar-refractivity contribution is -0.127. The van der Waals surface area contributed by atoms with Crippen molar-refractivity contribution in [2.75, 3.05) is 45.8 Å². The molecule has 1 fully saturated rings. The molecule has 1 aromatic rings. The third-order valence-corrected chi connectivity index (χ3v) is 5.05. The van der Waals surface area contributed by atoms with Crippen molar-refractivity contribution in [3.8, 4) is 5.75 Å². The summed E-state index contributed by atoms with van der Waals surface area (Å²) in [6, 6.07) is 4.14. The quantitative estimate of drug-likeness (QED) is 0.662. The van der Waals surface area contributed by atoms with E-state index in [0.717, 1.165) is 45.7 Å². The molecule has 1 heterocycles. The van der Waals surface area contributed by atoms with Gasteiger partial charge in [-0.3, -0.25) is 4.79 Å². The Morgan fingerprint density at radius 3 is 2.64 bits per heavy atom. The third kappa shape index (κ3) is 6.56. The number of likely N-dealkylation sites (N-methyl/N-ethyl adjacent to an activating group) is 1. The number of piperazine rings is 1. The molecule has 0 aromatic heterocycles. The molecule has 1 amide bonds. The molecule has 0 radical (unpaired) electrons. The second kappa shape index (κ2) is 10.1. The van der Waals surface area contributed by atoms with Gasteiger partial charge in [0.15, 0.2) is 6.10 Å². The van der Waals surface area contributed by atoms with Crippen molar-refractivity contribution in [1.29, 1.82) is 0 Å². The van der Waals surface area contributed by atoms with E-state index in [9.17, 15) is 9.18 Å². The summed E-state index contributed by atoms with van der Waals surface area (Å²) in [6.07, 6.45) is 0.292. The largest absolute Gasteiger partial charge is 0.480 e. The molecule has 25 heavy (non-hydrogen) atoms. The first kappa shape index (κ1) is 20.1. The van der Waals surface area contributed by atoms with Gasteiger partial charge in [0.25, 0.3) is 5.91 Å². The van der Waals surface area contributed by atoms with E-state index in [1.54, 1.807) is 6.92 Å². The highest BCUT2D eigenvalue weighted by molar-refractivity contribution is 9.10. The number of ether oxygens (including phenoxy) is 1. The number of halogens is 2. The summed E-state index contributed by atoms with van der Waals surface area (Å²) in [5, 5.41) is 2.90. The predicted molar refractivity (Wildman–Crippen MR) is 100 cm³/mol. The highest BCUT2D eigenvalue weighted by atomic mass is 79.9. The van der Waals surface area contributed by atoms with E-state index < -0.39 is 6.10 Å². The summed E-state index contributed by atoms with van der Waals surface area (Å²) < 4.78 is 19.2. The van der Waals surface area contributed by atoms with Crippen LogP contribution in [0.25, 0.3) is 0 Å². The van der Waals surface area contributed by atoms with Crippen LogP contribution in [0.4, 0.5) is 4.39 Å². The average Bonchev–Trinajstić information content (AvgIpc) is 2.61. The topological polar surface area (TPSA) is 44.8 Å². The van der Waals surface area contributed by atoms with Crippen LogP contribution >= 0.6 is 15.9 Å². The van der Waals surface area contributed by atoms with Crippen LogP contribution in [-0.2, 0) is 4.79 Å². The van der Waals surface area contributed by atoms with Crippen molar-refractivity contribution < 1.29 is 13.9 Å². The van der Waals surface area contributed by atoms with Crippen molar-refractivity contribution in [3.05, 3.63) is 28.5 Å². The van der Waals surface area contributed by atoms with Gasteiger partial charge in [0.1, 0.15) is 11.6 Å². The SMILES string of the molecule is CCN1CCN(CCCNC(=O)C(C)Oc2ccc(F)cc2Br)CC1. The van der Waals surface area contributed by atoms with Crippen molar-refractivity contribution in [2.45, 2.75) is 26.4 Å². The van der Waals surface area contributed by atoms with E-state index in [0.29, 0.717) is 16.8 Å². The normalized spacial score (nSPS) is 17.3. The molecule has 1 aromatic carbocycles. The second-order valence-electron chi connectivity index (χ2n) is 6.26. The van der Waals surface area contributed by atoms with Crippen LogP contribution < -0.4 is 10.1 Å². The van der Waals surface area contributed by atoms with Gasteiger partial charge < -0.3 is 19.9 Å². The Hall–Kier alpha value is -1.18. The summed E-state index contributed by atoms with van der Waals surface area (Å²) in [7, 11) is 0. The fraction of sp³-hybridized carbons (Fsp3) is 0.611. The first-order valence-electron chi connectivity index (χ1n) is 8.83. The number of rotatable bonds is 8. The highest BCUT2D eigenvalue weighted by Gasteiger charge is 2.17. The maximum atomic E-state index is 13.1. The molecule has 140 valence electrons. The number of nitrogens with zero attached hydrogens (tertiary/aromatic N) is 2. The molecule has 1 atom stereocenters. The number of benzene rings is 1. The number of nitrogens with one attached hydrogen (secondary N) is 1. The first-order chi connectivity index (χ1) is 12.0. The van der Waals surface area contributed by atoms with E-state index in [2.05, 4.69) is 38.0 Å². The smallest absolute Gasteiger partial charge is 0.260 e. The summed E-state index contributed by atoms with van der Waals surface area (Å²) in [4.78, 5) is 17.0. The fourth-order valence-electron chi connectivity index (χ4n) is 2.80. The number of amides is 1. The van der Waals surface area contributed by atoms with E-state index in [1.165, 1.54) is 18.2 Å². The molecule has 0 saturated carbocycles. The summed E-state index contributed by atoms with van der Waals surface area (Å²) in [5.41, 5.74) is 0. The molecule has 2 rings (SSSR count). The summed E-state index contributed by atoms with van der Waals surface area (Å²) in [6.45, 7) is 11.1. The Morgan fingerprint density at radius 1 is 1.32 bits per heavy atom. The van der Waals surface area contributed by atoms with Crippen LogP contribution in [0.5, 0.6) is 5.75 Å². The van der Waals surface area contributed by atoms with Crippen LogP contribution in [0.3, 0.4) is 0 Å². The van der Waals surface area contributed by atoms with E-state index in [1.807, 2.05) is 0 Å². The van der Waals surface area contributed by atoms with Crippen molar-refractivity contribution in [1.82, 2.24) is 15.1 Å². The standard InChI is InChI=1S/C18H27BrFN3O2/c1-3-22-9-11-23(12-10-22)8-4-7-21-18(24)14(2)25-17-6-5-15(20)13-16(17)19/h5-6,13-14H,3-4,7-12H2,1-2H3,(H,21,24). The third-order valence-electron chi connectivity index (χ3n) is 4.43. The zero-order chi connectivity index (χ0) is 18.2. The van der Waals surface area contributed by atoms with E-state index >= 15 is 0 Å². The summed E-state index contributed by atoms with van der Waals surface area (Å²) in [5.74, 6) is -0.0547. The Balaban J connectivity index is 1.64. The van der Waals surface area contributed by atoms with Crippen molar-refractivity contribution >= 4 is 21.8 Å². The molecule has 1 aliphatic rings. The Morgan fingerprint density at radius 2 is 2.00 bits per heavy atom. The molecule has 0 spiro atoms. The lowest BCUT2D eigenvalue weighted by Crippen LogP contribution is -2.46. The van der Waals surface area contributed by atoms with Gasteiger partial charge in [0, 0.05) is 32.7 Å². The molecule has 7 heteroatoms. The number of hydrogen-bond donors (Lipinski definition) is 1. The zero-order valence-electron chi connectivity index (χ0n) is 14.9. The number of carbonyl (C=O) groups excluding carboxylic acids is 1. The van der Waals surface area contributed by atoms with Gasteiger partial charge in [-0.25, -0.2) is 4.39 Å². The monoisotopic (exact) mass is 415 g/mol. The molecular formula is C18H27BrFN3O2. The zero-order valence-corrected chi connectivity index (χ0v) is 16.5. The fourth-order valence-corrected chi connectivity index (χ4v) is 3.25. The first-order valence-corrected chi connectivity index (χ1v) is 9.63. The Labute approximate surface area is 157 Å². The van der Waals surface area contributed by atoms with Gasteiger partial charge in [-0.05, 0) is 60.6 Å². The summed E-state index contributed by atoms with van der Waals surface area (Å²) >= 11 is 3.24. The number of hydrogen-bond acceptors (Lipinski definition) is 4. The highest BCUT2D eigenvalue weighted by Crippen LogP contribution is 2.26. The Kier molecular flexibility index (Phi) is 8.12. The lowest BCUT2D eigenvalue weighted by atomic mass is 10.3. The van der Waals surface area contributed by atoms with Crippen LogP contribution in [0.15, 0.2) is 22.7 Å². The molecule has 1 unspecified atom stereocenters. The van der Waals surface area contributed by atoms with Crippen LogP contribution in [-0.4, -0.2) is 67.6 Å². The molecule has 1 aliphatic heterocycles. The van der Waals surface area contributed by atoms with Gasteiger partial charge in [-0.2, -0.15) is 0 Å². The molecular weight excluding hydrogens is 389 g/mol. The lowest BCUT2D eigenvalue weighted by Gasteiger charge is -2.34. The minimum atomic E-state index is -0.630. The number of carbonyl (C=O) groups is 1. The maximum absolute atomic E-state index is 13.1. The molecule has 0 bridgehead atoms. The van der Waals surface area contributed by atoms with E-state index in [-0.39, 0.29) is 11.7 Å². The molecule has 5 nitrogen and oxygen atoms in total. The molecule has 1 N–H and O–H groups in total. The van der Waals surface area contributed by atoms with Gasteiger partial charge in [0.2, 0.25) is 0 Å². The van der Waals surface area contributed by atoms with Crippen molar-refractivity contribution in [3.63, 3.8) is 0 Å². The molecule has 1 saturated heterocycles. The maximum Gasteiger partial charge on any atom is 0.260 e. The van der Waals surface area contributed by atoms with Crippen LogP contribution in [0, 0.1) is 5.82 Å². The Bertz CT molecular complexity index is 565. The molecule has 0 aliphatic carbocycles. The average molecular weight is 416 g/mol. The van der Waals surface area contributed by atoms with Gasteiger partial charge >= 0.3 is 0 Å². The predicted octanol–water partition coefficient (Wildman–Crippen LogP) is 2.50. The van der Waals surface area contributed by atoms with Gasteiger partial charge in [-0.1, -0.05) is 6.92 Å². The van der Waals surface area contributed by atoms with Gasteiger partial charge in [-0.15, -0.1) is 0 Å². The van der Waals surface area contributed by atoms with Crippen LogP contribution in [0.2, 0.25) is 0 Å². The second-order valence-corrected chi connectivity index (χ2v) is 7.11. The minimum absolute atomic E-state index is 0.160. The minimum Gasteiger partial charge on any atom is -0.480 e. The van der Waals surface area contributed by atoms with Crippen LogP contribution in [0.1, 0.15) is 20.3 Å².